The van der Waals surface area contributed by atoms with E-state index < -0.39 is 0 Å². The first-order valence-corrected chi connectivity index (χ1v) is 7.40. The first kappa shape index (κ1) is 13.2. The third kappa shape index (κ3) is 3.20. The predicted molar refractivity (Wildman–Crippen MR) is 82.3 cm³/mol. The van der Waals surface area contributed by atoms with Gasteiger partial charge in [0.05, 0.1) is 0 Å². The Morgan fingerprint density at radius 1 is 1.05 bits per heavy atom. The summed E-state index contributed by atoms with van der Waals surface area (Å²) in [6.45, 7) is 4.34. The van der Waals surface area contributed by atoms with Gasteiger partial charge in [-0.15, -0.1) is 0 Å². The monoisotopic (exact) mass is 267 g/mol. The zero-order valence-corrected chi connectivity index (χ0v) is 11.9. The summed E-state index contributed by atoms with van der Waals surface area (Å²) in [6, 6.07) is 18.5. The fourth-order valence-electron chi connectivity index (χ4n) is 2.64. The largest absolute Gasteiger partial charge is 0.457 e. The second-order valence-electron chi connectivity index (χ2n) is 5.40. The summed E-state index contributed by atoms with van der Waals surface area (Å²) in [5.74, 6) is 3.32. The molecule has 0 aromatic heterocycles. The Morgan fingerprint density at radius 2 is 1.85 bits per heavy atom. The van der Waals surface area contributed by atoms with Crippen LogP contribution < -0.4 is 10.1 Å². The highest BCUT2D eigenvalue weighted by Gasteiger charge is 2.37. The lowest BCUT2D eigenvalue weighted by Gasteiger charge is -2.07. The Morgan fingerprint density at radius 3 is 2.65 bits per heavy atom. The molecule has 2 nitrogen and oxygen atoms in total. The molecule has 2 aromatic rings. The molecule has 1 saturated carbocycles. The molecule has 0 saturated heterocycles. The van der Waals surface area contributed by atoms with Crippen LogP contribution in [0.4, 0.5) is 0 Å². The molecule has 2 heteroatoms. The highest BCUT2D eigenvalue weighted by atomic mass is 16.5. The van der Waals surface area contributed by atoms with Gasteiger partial charge in [0.1, 0.15) is 11.5 Å². The van der Waals surface area contributed by atoms with Crippen LogP contribution in [0.25, 0.3) is 0 Å². The zero-order chi connectivity index (χ0) is 13.8. The summed E-state index contributed by atoms with van der Waals surface area (Å²) < 4.78 is 5.90. The third-order valence-electron chi connectivity index (χ3n) is 3.84. The quantitative estimate of drug-likeness (QED) is 0.847. The maximum Gasteiger partial charge on any atom is 0.127 e. The van der Waals surface area contributed by atoms with E-state index in [2.05, 4.69) is 30.4 Å². The number of ether oxygens (including phenoxy) is 1. The van der Waals surface area contributed by atoms with Crippen molar-refractivity contribution in [2.45, 2.75) is 19.3 Å². The van der Waals surface area contributed by atoms with Gasteiger partial charge in [0.15, 0.2) is 0 Å². The van der Waals surface area contributed by atoms with Gasteiger partial charge < -0.3 is 10.1 Å². The molecule has 1 aliphatic rings. The minimum atomic E-state index is 0.702. The molecule has 0 radical (unpaired) electrons. The molecule has 3 rings (SSSR count). The Balaban J connectivity index is 1.65. The average Bonchev–Trinajstić information content (AvgIpc) is 3.26. The van der Waals surface area contributed by atoms with Gasteiger partial charge in [-0.2, -0.15) is 0 Å². The maximum absolute atomic E-state index is 5.90. The highest BCUT2D eigenvalue weighted by molar-refractivity contribution is 5.37. The van der Waals surface area contributed by atoms with E-state index in [4.69, 9.17) is 4.74 Å². The van der Waals surface area contributed by atoms with Gasteiger partial charge in [0.25, 0.3) is 0 Å². The van der Waals surface area contributed by atoms with Crippen molar-refractivity contribution in [2.75, 3.05) is 13.1 Å². The molecule has 0 spiro atoms. The Bertz CT molecular complexity index is 552. The van der Waals surface area contributed by atoms with Gasteiger partial charge in [-0.05, 0) is 61.2 Å². The van der Waals surface area contributed by atoms with Gasteiger partial charge in [-0.3, -0.25) is 0 Å². The Kier molecular flexibility index (Phi) is 4.03. The van der Waals surface area contributed by atoms with Crippen LogP contribution in [0.5, 0.6) is 11.5 Å². The molecule has 2 unspecified atom stereocenters. The van der Waals surface area contributed by atoms with E-state index >= 15 is 0 Å². The van der Waals surface area contributed by atoms with Crippen LogP contribution in [-0.4, -0.2) is 13.1 Å². The summed E-state index contributed by atoms with van der Waals surface area (Å²) in [6.07, 6.45) is 1.29. The SMILES string of the molecule is CCNCC1CC1c1cccc(Oc2ccccc2)c1. The van der Waals surface area contributed by atoms with Crippen molar-refractivity contribution in [3.05, 3.63) is 60.2 Å². The second kappa shape index (κ2) is 6.10. The lowest BCUT2D eigenvalue weighted by atomic mass is 10.1. The summed E-state index contributed by atoms with van der Waals surface area (Å²) in [5, 5.41) is 3.43. The van der Waals surface area contributed by atoms with E-state index in [1.54, 1.807) is 0 Å². The number of nitrogens with one attached hydrogen (secondary N) is 1. The summed E-state index contributed by atoms with van der Waals surface area (Å²) in [5.41, 5.74) is 1.40. The van der Waals surface area contributed by atoms with Crippen LogP contribution in [0.3, 0.4) is 0 Å². The van der Waals surface area contributed by atoms with Gasteiger partial charge in [-0.1, -0.05) is 37.3 Å². The molecule has 1 aliphatic carbocycles. The summed E-state index contributed by atoms with van der Waals surface area (Å²) in [7, 11) is 0. The average molecular weight is 267 g/mol. The minimum absolute atomic E-state index is 0.702. The van der Waals surface area contributed by atoms with Crippen LogP contribution in [0.1, 0.15) is 24.8 Å². The zero-order valence-electron chi connectivity index (χ0n) is 11.9. The van der Waals surface area contributed by atoms with Crippen molar-refractivity contribution in [1.82, 2.24) is 5.32 Å². The lowest BCUT2D eigenvalue weighted by Crippen LogP contribution is -2.16. The van der Waals surface area contributed by atoms with E-state index in [1.807, 2.05) is 36.4 Å². The molecule has 0 bridgehead atoms. The second-order valence-corrected chi connectivity index (χ2v) is 5.40. The molecule has 1 N–H and O–H groups in total. The van der Waals surface area contributed by atoms with Crippen LogP contribution >= 0.6 is 0 Å². The fourth-order valence-corrected chi connectivity index (χ4v) is 2.64. The molecule has 2 aromatic carbocycles. The van der Waals surface area contributed by atoms with Crippen molar-refractivity contribution >= 4 is 0 Å². The number of para-hydroxylation sites is 1. The number of hydrogen-bond donors (Lipinski definition) is 1. The van der Waals surface area contributed by atoms with Crippen LogP contribution in [0.2, 0.25) is 0 Å². The molecular weight excluding hydrogens is 246 g/mol. The summed E-state index contributed by atoms with van der Waals surface area (Å²) in [4.78, 5) is 0. The molecule has 20 heavy (non-hydrogen) atoms. The fraction of sp³-hybridized carbons (Fsp3) is 0.333. The molecule has 0 heterocycles. The molecule has 0 amide bonds. The van der Waals surface area contributed by atoms with Crippen molar-refractivity contribution in [2.24, 2.45) is 5.92 Å². The van der Waals surface area contributed by atoms with Crippen molar-refractivity contribution in [3.8, 4) is 11.5 Å². The lowest BCUT2D eigenvalue weighted by molar-refractivity contribution is 0.482. The topological polar surface area (TPSA) is 21.3 Å². The number of hydrogen-bond acceptors (Lipinski definition) is 2. The van der Waals surface area contributed by atoms with Crippen molar-refractivity contribution in [1.29, 1.82) is 0 Å². The third-order valence-corrected chi connectivity index (χ3v) is 3.84. The molecular formula is C18H21NO. The summed E-state index contributed by atoms with van der Waals surface area (Å²) >= 11 is 0. The van der Waals surface area contributed by atoms with Crippen LogP contribution in [0.15, 0.2) is 54.6 Å². The minimum Gasteiger partial charge on any atom is -0.457 e. The molecule has 0 aliphatic heterocycles. The molecule has 104 valence electrons. The van der Waals surface area contributed by atoms with E-state index in [1.165, 1.54) is 12.0 Å². The van der Waals surface area contributed by atoms with Gasteiger partial charge in [-0.25, -0.2) is 0 Å². The molecule has 1 fully saturated rings. The smallest absolute Gasteiger partial charge is 0.127 e. The van der Waals surface area contributed by atoms with Crippen LogP contribution in [-0.2, 0) is 0 Å². The van der Waals surface area contributed by atoms with E-state index in [-0.39, 0.29) is 0 Å². The standard InChI is InChI=1S/C18H21NO/c1-2-19-13-15-12-18(15)14-7-6-10-17(11-14)20-16-8-4-3-5-9-16/h3-11,15,18-19H,2,12-13H2,1H3. The van der Waals surface area contributed by atoms with Crippen molar-refractivity contribution in [3.63, 3.8) is 0 Å². The number of rotatable bonds is 6. The predicted octanol–water partition coefficient (Wildman–Crippen LogP) is 4.19. The van der Waals surface area contributed by atoms with Crippen molar-refractivity contribution < 1.29 is 4.74 Å². The maximum atomic E-state index is 5.90. The Labute approximate surface area is 120 Å². The first-order valence-electron chi connectivity index (χ1n) is 7.40. The normalized spacial score (nSPS) is 20.6. The van der Waals surface area contributed by atoms with E-state index in [0.29, 0.717) is 5.92 Å². The van der Waals surface area contributed by atoms with Gasteiger partial charge in [0, 0.05) is 0 Å². The Hall–Kier alpha value is -1.80. The molecule has 2 atom stereocenters. The van der Waals surface area contributed by atoms with E-state index in [0.717, 1.165) is 30.5 Å². The number of benzene rings is 2. The van der Waals surface area contributed by atoms with Gasteiger partial charge >= 0.3 is 0 Å². The van der Waals surface area contributed by atoms with E-state index in [9.17, 15) is 0 Å². The van der Waals surface area contributed by atoms with Crippen LogP contribution in [0, 0.1) is 5.92 Å². The first-order chi connectivity index (χ1) is 9.86. The highest BCUT2D eigenvalue weighted by Crippen LogP contribution is 2.47. The van der Waals surface area contributed by atoms with Gasteiger partial charge in [0.2, 0.25) is 0 Å².